The van der Waals surface area contributed by atoms with Crippen molar-refractivity contribution in [3.05, 3.63) is 204 Å². The lowest BCUT2D eigenvalue weighted by molar-refractivity contribution is 0.0965. The molecule has 2 nitrogen and oxygen atoms in total. The van der Waals surface area contributed by atoms with Gasteiger partial charge in [0.2, 0.25) is 0 Å². The molecule has 0 N–H and O–H groups in total. The van der Waals surface area contributed by atoms with Crippen LogP contribution in [0, 0.1) is 24.7 Å². The van der Waals surface area contributed by atoms with Crippen LogP contribution >= 0.6 is 0 Å². The van der Waals surface area contributed by atoms with Crippen LogP contribution in [0.4, 0.5) is 34.1 Å². The summed E-state index contributed by atoms with van der Waals surface area (Å²) in [6.07, 6.45) is 0. The minimum absolute atomic E-state index is 0.153. The number of fused-ring (bicyclic) bond motifs is 9. The van der Waals surface area contributed by atoms with Crippen molar-refractivity contribution in [2.24, 2.45) is 10.8 Å². The molecule has 0 radical (unpaired) electrons. The molecule has 300 valence electrons. The second-order valence-electron chi connectivity index (χ2n) is 19.2. The van der Waals surface area contributed by atoms with Crippen molar-refractivity contribution in [1.82, 2.24) is 0 Å². The fourth-order valence-electron chi connectivity index (χ4n) is 11.3. The molecule has 0 fully saturated rings. The summed E-state index contributed by atoms with van der Waals surface area (Å²) in [5.41, 5.74) is 14.3. The van der Waals surface area contributed by atoms with E-state index in [1.165, 1.54) is 65.7 Å². The van der Waals surface area contributed by atoms with Gasteiger partial charge in [-0.25, -0.2) is 0 Å². The van der Waals surface area contributed by atoms with E-state index in [1.54, 1.807) is 0 Å². The number of rotatable bonds is 6. The summed E-state index contributed by atoms with van der Waals surface area (Å²) in [6, 6.07) is 67.7. The number of hydrogen-bond acceptors (Lipinski definition) is 2. The van der Waals surface area contributed by atoms with Crippen molar-refractivity contribution in [2.75, 3.05) is 9.80 Å². The molecule has 0 saturated heterocycles. The third-order valence-corrected chi connectivity index (χ3v) is 13.3. The van der Waals surface area contributed by atoms with E-state index < -0.39 is 0 Å². The van der Waals surface area contributed by atoms with Crippen LogP contribution in [0.5, 0.6) is 0 Å². The van der Waals surface area contributed by atoms with E-state index in [1.807, 2.05) is 0 Å². The van der Waals surface area contributed by atoms with Gasteiger partial charge in [0.25, 0.3) is 0 Å². The number of aryl methyl sites for hydroxylation is 2. The summed E-state index contributed by atoms with van der Waals surface area (Å²) in [6.45, 7) is 19.2. The minimum atomic E-state index is -0.343. The first kappa shape index (κ1) is 38.6. The first-order valence-electron chi connectivity index (χ1n) is 21.8. The molecule has 1 aliphatic carbocycles. The van der Waals surface area contributed by atoms with E-state index in [0.29, 0.717) is 0 Å². The fourth-order valence-corrected chi connectivity index (χ4v) is 11.3. The SMILES string of the molecule is Cc1cccc(N(c2ccccc2)c2ccc3cc4c(cc3c2)C(C(C)(C)C)(C(C)(C)C)c2c-4c3ccccc3c3cc(N(c4ccccc4)c4cccc(C)c4)ccc23)c1. The van der Waals surface area contributed by atoms with Gasteiger partial charge in [0.05, 0.1) is 0 Å². The third kappa shape index (κ3) is 6.06. The predicted molar refractivity (Wildman–Crippen MR) is 263 cm³/mol. The zero-order valence-electron chi connectivity index (χ0n) is 36.7. The highest BCUT2D eigenvalue weighted by molar-refractivity contribution is 6.20. The van der Waals surface area contributed by atoms with Crippen LogP contribution in [0.2, 0.25) is 0 Å². The lowest BCUT2D eigenvalue weighted by atomic mass is 9.49. The molecule has 0 bridgehead atoms. The van der Waals surface area contributed by atoms with Gasteiger partial charge < -0.3 is 9.80 Å². The van der Waals surface area contributed by atoms with E-state index in [9.17, 15) is 0 Å². The van der Waals surface area contributed by atoms with Gasteiger partial charge in [-0.3, -0.25) is 0 Å². The fraction of sp³-hybridized carbons (Fsp3) is 0.186. The van der Waals surface area contributed by atoms with E-state index in [0.717, 1.165) is 34.1 Å². The Morgan fingerprint density at radius 2 is 0.852 bits per heavy atom. The zero-order chi connectivity index (χ0) is 42.3. The van der Waals surface area contributed by atoms with Crippen LogP contribution in [-0.4, -0.2) is 0 Å². The van der Waals surface area contributed by atoms with Crippen molar-refractivity contribution in [2.45, 2.75) is 60.8 Å². The summed E-state index contributed by atoms with van der Waals surface area (Å²) in [5, 5.41) is 7.71. The van der Waals surface area contributed by atoms with Crippen molar-refractivity contribution >= 4 is 66.4 Å². The average molecular weight is 791 g/mol. The molecule has 0 amide bonds. The Hall–Kier alpha value is -6.64. The largest absolute Gasteiger partial charge is 0.310 e. The molecule has 0 saturated carbocycles. The van der Waals surface area contributed by atoms with E-state index >= 15 is 0 Å². The molecule has 1 aliphatic rings. The van der Waals surface area contributed by atoms with Gasteiger partial charge in [-0.05, 0) is 175 Å². The Morgan fingerprint density at radius 1 is 0.361 bits per heavy atom. The van der Waals surface area contributed by atoms with Gasteiger partial charge in [0, 0.05) is 39.5 Å². The maximum atomic E-state index is 2.56. The maximum absolute atomic E-state index is 2.56. The van der Waals surface area contributed by atoms with Crippen molar-refractivity contribution in [1.29, 1.82) is 0 Å². The molecule has 9 aromatic carbocycles. The Morgan fingerprint density at radius 3 is 1.41 bits per heavy atom. The van der Waals surface area contributed by atoms with Crippen molar-refractivity contribution in [3.8, 4) is 11.1 Å². The summed E-state index contributed by atoms with van der Waals surface area (Å²) >= 11 is 0. The molecule has 0 heterocycles. The smallest absolute Gasteiger partial charge is 0.0468 e. The van der Waals surface area contributed by atoms with E-state index in [2.05, 4.69) is 247 Å². The minimum Gasteiger partial charge on any atom is -0.310 e. The third-order valence-electron chi connectivity index (χ3n) is 13.3. The maximum Gasteiger partial charge on any atom is 0.0468 e. The first-order chi connectivity index (χ1) is 29.3. The Bertz CT molecular complexity index is 3110. The van der Waals surface area contributed by atoms with Crippen LogP contribution in [0.25, 0.3) is 43.4 Å². The average Bonchev–Trinajstić information content (AvgIpc) is 3.56. The first-order valence-corrected chi connectivity index (χ1v) is 21.8. The van der Waals surface area contributed by atoms with Gasteiger partial charge >= 0.3 is 0 Å². The van der Waals surface area contributed by atoms with Crippen LogP contribution in [0.15, 0.2) is 182 Å². The normalized spacial score (nSPS) is 13.4. The van der Waals surface area contributed by atoms with Crippen molar-refractivity contribution < 1.29 is 0 Å². The molecule has 0 spiro atoms. The van der Waals surface area contributed by atoms with Gasteiger partial charge in [-0.2, -0.15) is 0 Å². The highest BCUT2D eigenvalue weighted by atomic mass is 15.1. The topological polar surface area (TPSA) is 6.48 Å². The second kappa shape index (κ2) is 14.2. The lowest BCUT2D eigenvalue weighted by Gasteiger charge is -2.53. The molecular formula is C59H54N2. The quantitative estimate of drug-likeness (QED) is 0.155. The highest BCUT2D eigenvalue weighted by Crippen LogP contribution is 2.67. The van der Waals surface area contributed by atoms with Crippen molar-refractivity contribution in [3.63, 3.8) is 0 Å². The molecule has 0 aliphatic heterocycles. The number of hydrogen-bond donors (Lipinski definition) is 0. The molecule has 9 aromatic rings. The molecular weight excluding hydrogens is 737 g/mol. The second-order valence-corrected chi connectivity index (χ2v) is 19.2. The Balaban J connectivity index is 1.26. The van der Waals surface area contributed by atoms with Crippen LogP contribution in [0.3, 0.4) is 0 Å². The number of para-hydroxylation sites is 2. The lowest BCUT2D eigenvalue weighted by Crippen LogP contribution is -2.50. The molecule has 0 atom stereocenters. The summed E-state index contributed by atoms with van der Waals surface area (Å²) in [4.78, 5) is 4.80. The summed E-state index contributed by atoms with van der Waals surface area (Å²) < 4.78 is 0. The molecule has 61 heavy (non-hydrogen) atoms. The summed E-state index contributed by atoms with van der Waals surface area (Å²) in [7, 11) is 0. The number of nitrogens with zero attached hydrogens (tertiary/aromatic N) is 2. The van der Waals surface area contributed by atoms with E-state index in [4.69, 9.17) is 0 Å². The van der Waals surface area contributed by atoms with Crippen LogP contribution in [0.1, 0.15) is 63.8 Å². The van der Waals surface area contributed by atoms with E-state index in [-0.39, 0.29) is 16.2 Å². The zero-order valence-corrected chi connectivity index (χ0v) is 36.7. The monoisotopic (exact) mass is 790 g/mol. The number of benzene rings is 9. The molecule has 0 unspecified atom stereocenters. The molecule has 0 aromatic heterocycles. The van der Waals surface area contributed by atoms with Crippen LogP contribution in [-0.2, 0) is 5.41 Å². The van der Waals surface area contributed by atoms with Gasteiger partial charge in [-0.15, -0.1) is 0 Å². The number of anilines is 6. The molecule has 10 rings (SSSR count). The highest BCUT2D eigenvalue weighted by Gasteiger charge is 2.58. The van der Waals surface area contributed by atoms with Gasteiger partial charge in [0.1, 0.15) is 0 Å². The standard InChI is InChI=1S/C59H54N2/c1-39-19-17-25-45(33-39)60(43-21-11-9-12-22-43)47-30-29-41-36-53-54(37-42(41)35-47)59(57(3,4)5,58(6,7)8)56-51-32-31-48(38-52(51)49-27-15-16-28-50(49)55(53)56)61(44-23-13-10-14-24-44)46-26-18-20-40(2)34-46/h9-38H,1-8H3. The molecule has 2 heteroatoms. The summed E-state index contributed by atoms with van der Waals surface area (Å²) in [5.74, 6) is 0. The Kier molecular flexibility index (Phi) is 9.00. The van der Waals surface area contributed by atoms with Gasteiger partial charge in [0.15, 0.2) is 0 Å². The van der Waals surface area contributed by atoms with Gasteiger partial charge in [-0.1, -0.05) is 139 Å². The Labute approximate surface area is 361 Å². The van der Waals surface area contributed by atoms with Crippen LogP contribution < -0.4 is 9.80 Å². The predicted octanol–water partition coefficient (Wildman–Crippen LogP) is 17.1.